The second-order valence-corrected chi connectivity index (χ2v) is 10.8. The largest absolute Gasteiger partial charge is 0.487 e. The molecule has 1 aromatic heterocycles. The van der Waals surface area contributed by atoms with E-state index in [1.54, 1.807) is 11.8 Å². The Morgan fingerprint density at radius 3 is 2.61 bits per heavy atom. The summed E-state index contributed by atoms with van der Waals surface area (Å²) in [5.41, 5.74) is 2.08. The first-order valence-electron chi connectivity index (χ1n) is 12.1. The van der Waals surface area contributed by atoms with Gasteiger partial charge in [-0.1, -0.05) is 34.1 Å². The zero-order valence-corrected chi connectivity index (χ0v) is 22.7. The Hall–Kier alpha value is -3.07. The Morgan fingerprint density at radius 1 is 1.14 bits per heavy atom. The number of nitrogens with zero attached hydrogens (tertiary/aromatic N) is 3. The van der Waals surface area contributed by atoms with Gasteiger partial charge in [0.25, 0.3) is 0 Å². The summed E-state index contributed by atoms with van der Waals surface area (Å²) in [5.74, 6) is 0.624. The van der Waals surface area contributed by atoms with Crippen molar-refractivity contribution in [1.29, 1.82) is 0 Å². The van der Waals surface area contributed by atoms with Gasteiger partial charge in [-0.05, 0) is 52.0 Å². The number of carbonyl (C=O) groups is 2. The molecule has 8 nitrogen and oxygen atoms in total. The maximum atomic E-state index is 12.3. The van der Waals surface area contributed by atoms with Crippen LogP contribution in [0, 0.1) is 5.92 Å². The van der Waals surface area contributed by atoms with Crippen LogP contribution in [0.2, 0.25) is 0 Å². The molecule has 0 spiro atoms. The van der Waals surface area contributed by atoms with E-state index >= 15 is 0 Å². The van der Waals surface area contributed by atoms with Crippen molar-refractivity contribution in [2.45, 2.75) is 52.9 Å². The molecule has 3 aromatic rings. The molecule has 0 bridgehead atoms. The number of para-hydroxylation sites is 1. The number of hydrogen-bond donors (Lipinski definition) is 0. The quantitative estimate of drug-likeness (QED) is 0.347. The van der Waals surface area contributed by atoms with Crippen LogP contribution in [0.3, 0.4) is 0 Å². The third-order valence-electron chi connectivity index (χ3n) is 5.83. The first kappa shape index (κ1) is 26.0. The summed E-state index contributed by atoms with van der Waals surface area (Å²) in [6.07, 6.45) is -0.131. The normalized spacial score (nSPS) is 14.0. The van der Waals surface area contributed by atoms with Crippen LogP contribution in [-0.4, -0.2) is 52.0 Å². The van der Waals surface area contributed by atoms with Gasteiger partial charge in [-0.3, -0.25) is 9.48 Å². The molecule has 0 N–H and O–H groups in total. The van der Waals surface area contributed by atoms with Crippen molar-refractivity contribution in [3.63, 3.8) is 0 Å². The number of esters is 1. The summed E-state index contributed by atoms with van der Waals surface area (Å²) in [5, 5.41) is 5.82. The van der Waals surface area contributed by atoms with E-state index in [0.29, 0.717) is 32.0 Å². The average Bonchev–Trinajstić information content (AvgIpc) is 3.10. The molecule has 1 aliphatic rings. The van der Waals surface area contributed by atoms with E-state index in [9.17, 15) is 9.59 Å². The lowest BCUT2D eigenvalue weighted by Gasteiger charge is -2.39. The summed E-state index contributed by atoms with van der Waals surface area (Å²) in [7, 11) is 0. The fourth-order valence-corrected chi connectivity index (χ4v) is 4.53. The third-order valence-corrected chi connectivity index (χ3v) is 6.32. The molecule has 192 valence electrons. The molecule has 2 heterocycles. The van der Waals surface area contributed by atoms with Gasteiger partial charge in [-0.25, -0.2) is 4.79 Å². The first-order chi connectivity index (χ1) is 17.1. The van der Waals surface area contributed by atoms with Gasteiger partial charge in [0.15, 0.2) is 0 Å². The fraction of sp³-hybridized carbons (Fsp3) is 0.444. The molecule has 4 rings (SSSR count). The van der Waals surface area contributed by atoms with Gasteiger partial charge in [0.1, 0.15) is 18.0 Å². The molecule has 1 aliphatic heterocycles. The number of likely N-dealkylation sites (tertiary alicyclic amines) is 1. The Morgan fingerprint density at radius 2 is 1.89 bits per heavy atom. The molecule has 0 radical (unpaired) electrons. The molecule has 0 unspecified atom stereocenters. The second-order valence-electron chi connectivity index (χ2n) is 9.92. The standard InChI is InChI=1S/C27H32BrN3O5/c1-5-34-25(32)12-19-8-6-7-9-24(19)35-17-23-21-13-20(28)10-11-22(21)29-31(23)16-18-14-30(15-18)26(33)36-27(2,3)4/h6-11,13,18H,5,12,14-17H2,1-4H3. The van der Waals surface area contributed by atoms with E-state index in [4.69, 9.17) is 19.3 Å². The molecule has 0 aliphatic carbocycles. The van der Waals surface area contributed by atoms with Gasteiger partial charge in [0.05, 0.1) is 24.2 Å². The summed E-state index contributed by atoms with van der Waals surface area (Å²) >= 11 is 3.56. The van der Waals surface area contributed by atoms with Gasteiger partial charge in [-0.15, -0.1) is 0 Å². The number of amides is 1. The van der Waals surface area contributed by atoms with Crippen LogP contribution in [0.4, 0.5) is 4.79 Å². The molecular weight excluding hydrogens is 526 g/mol. The lowest BCUT2D eigenvalue weighted by Crippen LogP contribution is -2.53. The Balaban J connectivity index is 1.49. The Kier molecular flexibility index (Phi) is 7.88. The number of hydrogen-bond acceptors (Lipinski definition) is 6. The zero-order valence-electron chi connectivity index (χ0n) is 21.1. The average molecular weight is 558 g/mol. The highest BCUT2D eigenvalue weighted by molar-refractivity contribution is 9.10. The zero-order chi connectivity index (χ0) is 25.9. The molecule has 1 amide bonds. The van der Waals surface area contributed by atoms with E-state index < -0.39 is 5.60 Å². The van der Waals surface area contributed by atoms with Gasteiger partial charge < -0.3 is 19.1 Å². The van der Waals surface area contributed by atoms with Crippen molar-refractivity contribution >= 4 is 38.9 Å². The Labute approximate surface area is 219 Å². The summed E-state index contributed by atoms with van der Waals surface area (Å²) in [6, 6.07) is 13.5. The van der Waals surface area contributed by atoms with E-state index in [0.717, 1.165) is 26.6 Å². The fourth-order valence-electron chi connectivity index (χ4n) is 4.17. The topological polar surface area (TPSA) is 82.9 Å². The smallest absolute Gasteiger partial charge is 0.410 e. The van der Waals surface area contributed by atoms with Crippen molar-refractivity contribution in [2.24, 2.45) is 5.92 Å². The highest BCUT2D eigenvalue weighted by Gasteiger charge is 2.34. The molecule has 0 saturated carbocycles. The van der Waals surface area contributed by atoms with Gasteiger partial charge >= 0.3 is 12.1 Å². The summed E-state index contributed by atoms with van der Waals surface area (Å²) < 4.78 is 19.7. The summed E-state index contributed by atoms with van der Waals surface area (Å²) in [4.78, 5) is 26.1. The number of fused-ring (bicyclic) bond motifs is 1. The van der Waals surface area contributed by atoms with Gasteiger partial charge in [0, 0.05) is 41.0 Å². The lowest BCUT2D eigenvalue weighted by molar-refractivity contribution is -0.142. The van der Waals surface area contributed by atoms with Crippen molar-refractivity contribution in [3.8, 4) is 5.75 Å². The van der Waals surface area contributed by atoms with Crippen molar-refractivity contribution in [2.75, 3.05) is 19.7 Å². The summed E-state index contributed by atoms with van der Waals surface area (Å²) in [6.45, 7) is 9.93. The number of halogens is 1. The van der Waals surface area contributed by atoms with Gasteiger partial charge in [0.2, 0.25) is 0 Å². The number of carbonyl (C=O) groups excluding carboxylic acids is 2. The van der Waals surface area contributed by atoms with E-state index in [1.165, 1.54) is 0 Å². The number of ether oxygens (including phenoxy) is 3. The Bertz CT molecular complexity index is 1240. The SMILES string of the molecule is CCOC(=O)Cc1ccccc1OCc1c2cc(Br)ccc2nn1CC1CN(C(=O)OC(C)(C)C)C1. The molecular formula is C27H32BrN3O5. The number of rotatable bonds is 8. The van der Waals surface area contributed by atoms with Crippen LogP contribution in [0.5, 0.6) is 5.75 Å². The molecule has 36 heavy (non-hydrogen) atoms. The number of benzene rings is 2. The molecule has 1 saturated heterocycles. The molecule has 9 heteroatoms. The minimum Gasteiger partial charge on any atom is -0.487 e. The highest BCUT2D eigenvalue weighted by Crippen LogP contribution is 2.28. The van der Waals surface area contributed by atoms with Crippen LogP contribution < -0.4 is 4.74 Å². The van der Waals surface area contributed by atoms with Crippen molar-refractivity contribution < 1.29 is 23.8 Å². The van der Waals surface area contributed by atoms with Crippen molar-refractivity contribution in [1.82, 2.24) is 14.7 Å². The van der Waals surface area contributed by atoms with Gasteiger partial charge in [-0.2, -0.15) is 5.10 Å². The highest BCUT2D eigenvalue weighted by atomic mass is 79.9. The van der Waals surface area contributed by atoms with E-state index in [2.05, 4.69) is 15.9 Å². The van der Waals surface area contributed by atoms with E-state index in [-0.39, 0.29) is 31.0 Å². The lowest BCUT2D eigenvalue weighted by atomic mass is 10.0. The minimum absolute atomic E-state index is 0.151. The van der Waals surface area contributed by atoms with Crippen LogP contribution in [0.1, 0.15) is 39.0 Å². The van der Waals surface area contributed by atoms with Crippen molar-refractivity contribution in [3.05, 3.63) is 58.2 Å². The maximum Gasteiger partial charge on any atom is 0.410 e. The minimum atomic E-state index is -0.511. The van der Waals surface area contributed by atoms with Crippen LogP contribution in [0.25, 0.3) is 10.9 Å². The van der Waals surface area contributed by atoms with Crippen LogP contribution >= 0.6 is 15.9 Å². The van der Waals surface area contributed by atoms with E-state index in [1.807, 2.05) is 67.9 Å². The maximum absolute atomic E-state index is 12.3. The number of aromatic nitrogens is 2. The monoisotopic (exact) mass is 557 g/mol. The predicted molar refractivity (Wildman–Crippen MR) is 140 cm³/mol. The molecule has 2 aromatic carbocycles. The third kappa shape index (κ3) is 6.37. The first-order valence-corrected chi connectivity index (χ1v) is 12.9. The van der Waals surface area contributed by atoms with Crippen LogP contribution in [-0.2, 0) is 33.8 Å². The molecule has 1 fully saturated rings. The van der Waals surface area contributed by atoms with Crippen LogP contribution in [0.15, 0.2) is 46.9 Å². The second kappa shape index (κ2) is 10.9. The molecule has 0 atom stereocenters. The predicted octanol–water partition coefficient (Wildman–Crippen LogP) is 5.35.